The maximum atomic E-state index is 12.7. The highest BCUT2D eigenvalue weighted by atomic mass is 19.4. The molecule has 0 heterocycles. The number of urea groups is 1. The molecular formula is C21H24F3N3O2. The molecule has 0 aromatic heterocycles. The predicted molar refractivity (Wildman–Crippen MR) is 105 cm³/mol. The zero-order valence-corrected chi connectivity index (χ0v) is 16.1. The molecule has 5 nitrogen and oxygen atoms in total. The second kappa shape index (κ2) is 10.5. The first-order valence-corrected chi connectivity index (χ1v) is 9.36. The number of anilines is 1. The lowest BCUT2D eigenvalue weighted by Crippen LogP contribution is -2.49. The lowest BCUT2D eigenvalue weighted by atomic mass is 10.1. The average molecular weight is 407 g/mol. The van der Waals surface area contributed by atoms with Gasteiger partial charge in [-0.25, -0.2) is 4.79 Å². The van der Waals surface area contributed by atoms with Gasteiger partial charge < -0.3 is 16.0 Å². The van der Waals surface area contributed by atoms with Gasteiger partial charge in [0.25, 0.3) is 0 Å². The zero-order valence-electron chi connectivity index (χ0n) is 16.1. The van der Waals surface area contributed by atoms with Gasteiger partial charge in [-0.1, -0.05) is 43.7 Å². The maximum Gasteiger partial charge on any atom is 0.416 e. The number of nitrogens with one attached hydrogen (secondary N) is 3. The minimum absolute atomic E-state index is 0.217. The van der Waals surface area contributed by atoms with E-state index in [0.29, 0.717) is 6.54 Å². The van der Waals surface area contributed by atoms with Crippen LogP contribution in [-0.4, -0.2) is 24.5 Å². The van der Waals surface area contributed by atoms with Gasteiger partial charge in [-0.15, -0.1) is 0 Å². The Bertz CT molecular complexity index is 793. The Balaban J connectivity index is 2.07. The molecule has 2 rings (SSSR count). The number of carbonyl (C=O) groups excluding carboxylic acids is 2. The Morgan fingerprint density at radius 2 is 1.66 bits per heavy atom. The van der Waals surface area contributed by atoms with Crippen molar-refractivity contribution >= 4 is 17.6 Å². The Hall–Kier alpha value is -3.03. The number of hydrogen-bond donors (Lipinski definition) is 3. The van der Waals surface area contributed by atoms with Crippen LogP contribution in [0.3, 0.4) is 0 Å². The summed E-state index contributed by atoms with van der Waals surface area (Å²) in [7, 11) is 0. The van der Waals surface area contributed by atoms with Gasteiger partial charge in [-0.3, -0.25) is 4.79 Å². The number of rotatable bonds is 8. The average Bonchev–Trinajstić information content (AvgIpc) is 2.68. The minimum atomic E-state index is -4.45. The largest absolute Gasteiger partial charge is 0.416 e. The number of halogens is 3. The quantitative estimate of drug-likeness (QED) is 0.569. The first kappa shape index (κ1) is 22.3. The van der Waals surface area contributed by atoms with Crippen molar-refractivity contribution in [3.63, 3.8) is 0 Å². The number of amides is 3. The summed E-state index contributed by atoms with van der Waals surface area (Å²) in [6.45, 7) is 2.48. The third-order valence-corrected chi connectivity index (χ3v) is 4.20. The summed E-state index contributed by atoms with van der Waals surface area (Å²) in [6, 6.07) is 11.9. The van der Waals surface area contributed by atoms with Crippen molar-refractivity contribution in [1.82, 2.24) is 10.6 Å². The summed E-state index contributed by atoms with van der Waals surface area (Å²) in [6.07, 6.45) is -2.47. The molecule has 0 spiro atoms. The fourth-order valence-electron chi connectivity index (χ4n) is 2.62. The Labute approximate surface area is 167 Å². The number of carbonyl (C=O) groups is 2. The zero-order chi connectivity index (χ0) is 21.3. The van der Waals surface area contributed by atoms with Crippen LogP contribution in [0.25, 0.3) is 0 Å². The topological polar surface area (TPSA) is 70.2 Å². The molecule has 156 valence electrons. The highest BCUT2D eigenvalue weighted by Crippen LogP contribution is 2.29. The van der Waals surface area contributed by atoms with Crippen LogP contribution in [0, 0.1) is 0 Å². The normalized spacial score (nSPS) is 12.1. The summed E-state index contributed by atoms with van der Waals surface area (Å²) < 4.78 is 38.0. The van der Waals surface area contributed by atoms with E-state index in [1.165, 1.54) is 12.1 Å². The molecule has 0 fully saturated rings. The molecule has 2 aromatic carbocycles. The van der Waals surface area contributed by atoms with Crippen LogP contribution in [0.1, 0.15) is 30.9 Å². The van der Waals surface area contributed by atoms with Gasteiger partial charge in [0.05, 0.1) is 5.56 Å². The first-order valence-electron chi connectivity index (χ1n) is 9.36. The molecule has 0 bridgehead atoms. The van der Waals surface area contributed by atoms with Gasteiger partial charge in [0.1, 0.15) is 6.04 Å². The number of alkyl halides is 3. The fraction of sp³-hybridized carbons (Fsp3) is 0.333. The smallest absolute Gasteiger partial charge is 0.338 e. The first-order chi connectivity index (χ1) is 13.8. The van der Waals surface area contributed by atoms with Crippen molar-refractivity contribution in [3.05, 3.63) is 65.7 Å². The third kappa shape index (κ3) is 7.48. The summed E-state index contributed by atoms with van der Waals surface area (Å²) in [5, 5.41) is 7.89. The fourth-order valence-corrected chi connectivity index (χ4v) is 2.62. The maximum absolute atomic E-state index is 12.7. The van der Waals surface area contributed by atoms with E-state index >= 15 is 0 Å². The van der Waals surface area contributed by atoms with Gasteiger partial charge in [-0.05, 0) is 36.2 Å². The van der Waals surface area contributed by atoms with Crippen molar-refractivity contribution in [1.29, 1.82) is 0 Å². The van der Waals surface area contributed by atoms with Crippen molar-refractivity contribution in [2.75, 3.05) is 11.9 Å². The molecule has 3 N–H and O–H groups in total. The number of unbranched alkanes of at least 4 members (excludes halogenated alkanes) is 1. The van der Waals surface area contributed by atoms with Crippen LogP contribution in [-0.2, 0) is 17.4 Å². The standard InChI is InChI=1S/C21H24F3N3O2/c1-2-3-13-25-20(29)27-18(14-15-7-5-4-6-8-15)19(28)26-17-11-9-16(10-12-17)21(22,23)24/h4-12,18H,2-3,13-14H2,1H3,(H,26,28)(H2,25,27,29). The van der Waals surface area contributed by atoms with Crippen LogP contribution >= 0.6 is 0 Å². The van der Waals surface area contributed by atoms with E-state index < -0.39 is 29.7 Å². The highest BCUT2D eigenvalue weighted by molar-refractivity contribution is 5.97. The highest BCUT2D eigenvalue weighted by Gasteiger charge is 2.30. The van der Waals surface area contributed by atoms with Gasteiger partial charge in [0, 0.05) is 18.7 Å². The molecule has 3 amide bonds. The van der Waals surface area contributed by atoms with Gasteiger partial charge in [0.15, 0.2) is 0 Å². The third-order valence-electron chi connectivity index (χ3n) is 4.20. The van der Waals surface area contributed by atoms with E-state index in [2.05, 4.69) is 16.0 Å². The van der Waals surface area contributed by atoms with E-state index in [4.69, 9.17) is 0 Å². The Morgan fingerprint density at radius 1 is 1.00 bits per heavy atom. The number of benzene rings is 2. The molecule has 0 aliphatic carbocycles. The van der Waals surface area contributed by atoms with Gasteiger partial charge in [-0.2, -0.15) is 13.2 Å². The lowest BCUT2D eigenvalue weighted by molar-refractivity contribution is -0.137. The van der Waals surface area contributed by atoms with E-state index in [1.807, 2.05) is 37.3 Å². The molecule has 1 atom stereocenters. The van der Waals surface area contributed by atoms with Crippen LogP contribution in [0.4, 0.5) is 23.7 Å². The van der Waals surface area contributed by atoms with Crippen molar-refractivity contribution in [3.8, 4) is 0 Å². The molecule has 0 radical (unpaired) electrons. The van der Waals surface area contributed by atoms with Crippen LogP contribution in [0.2, 0.25) is 0 Å². The number of hydrogen-bond acceptors (Lipinski definition) is 2. The molecule has 1 unspecified atom stereocenters. The molecular weight excluding hydrogens is 383 g/mol. The lowest BCUT2D eigenvalue weighted by Gasteiger charge is -2.19. The summed E-state index contributed by atoms with van der Waals surface area (Å²) >= 11 is 0. The van der Waals surface area contributed by atoms with Crippen molar-refractivity contribution in [2.24, 2.45) is 0 Å². The van der Waals surface area contributed by atoms with Crippen molar-refractivity contribution < 1.29 is 22.8 Å². The summed E-state index contributed by atoms with van der Waals surface area (Å²) in [4.78, 5) is 24.8. The molecule has 29 heavy (non-hydrogen) atoms. The van der Waals surface area contributed by atoms with Crippen LogP contribution in [0.5, 0.6) is 0 Å². The van der Waals surface area contributed by atoms with E-state index in [-0.39, 0.29) is 12.1 Å². The Kier molecular flexibility index (Phi) is 8.06. The SMILES string of the molecule is CCCCNC(=O)NC(Cc1ccccc1)C(=O)Nc1ccc(C(F)(F)F)cc1. The Morgan fingerprint density at radius 3 is 2.24 bits per heavy atom. The molecule has 0 aliphatic rings. The summed E-state index contributed by atoms with van der Waals surface area (Å²) in [5.74, 6) is -0.515. The molecule has 8 heteroatoms. The second-order valence-corrected chi connectivity index (χ2v) is 6.56. The van der Waals surface area contributed by atoms with Crippen molar-refractivity contribution in [2.45, 2.75) is 38.4 Å². The molecule has 0 saturated carbocycles. The van der Waals surface area contributed by atoms with Gasteiger partial charge >= 0.3 is 12.2 Å². The summed E-state index contributed by atoms with van der Waals surface area (Å²) in [5.41, 5.74) is 0.257. The predicted octanol–water partition coefficient (Wildman–Crippen LogP) is 4.35. The molecule has 0 aliphatic heterocycles. The minimum Gasteiger partial charge on any atom is -0.338 e. The monoisotopic (exact) mass is 407 g/mol. The van der Waals surface area contributed by atoms with Gasteiger partial charge in [0.2, 0.25) is 5.91 Å². The molecule has 0 saturated heterocycles. The van der Waals surface area contributed by atoms with Crippen LogP contribution in [0.15, 0.2) is 54.6 Å². The van der Waals surface area contributed by atoms with E-state index in [1.54, 1.807) is 0 Å². The van der Waals surface area contributed by atoms with E-state index in [0.717, 1.165) is 30.5 Å². The second-order valence-electron chi connectivity index (χ2n) is 6.56. The molecule has 2 aromatic rings. The van der Waals surface area contributed by atoms with E-state index in [9.17, 15) is 22.8 Å². The van der Waals surface area contributed by atoms with Crippen LogP contribution < -0.4 is 16.0 Å².